The van der Waals surface area contributed by atoms with Crippen molar-refractivity contribution in [1.29, 1.82) is 0 Å². The molecule has 0 aromatic carbocycles. The van der Waals surface area contributed by atoms with E-state index in [1.54, 1.807) is 0 Å². The summed E-state index contributed by atoms with van der Waals surface area (Å²) < 4.78 is 0. The minimum Gasteiger partial charge on any atom is -0.350 e. The number of rotatable bonds is 2. The van der Waals surface area contributed by atoms with Crippen LogP contribution in [0.5, 0.6) is 0 Å². The number of carbonyl (C=O) groups is 1. The molecule has 68 valence electrons. The Morgan fingerprint density at radius 1 is 1.50 bits per heavy atom. The van der Waals surface area contributed by atoms with Crippen molar-refractivity contribution in [2.24, 2.45) is 16.8 Å². The zero-order valence-corrected chi connectivity index (χ0v) is 7.34. The number of amides is 2. The number of nitrogens with one attached hydrogen (secondary N) is 1. The molecule has 1 saturated carbocycles. The van der Waals surface area contributed by atoms with Crippen molar-refractivity contribution < 1.29 is 4.79 Å². The van der Waals surface area contributed by atoms with Crippen LogP contribution in [0.3, 0.4) is 0 Å². The standard InChI is InChI=1S/C8H15N3O/c1-6(10-11-8(9)12)7-4-2-3-5-7/h7H,2-5H2,1H3,(H3,9,11,12). The highest BCUT2D eigenvalue weighted by Gasteiger charge is 2.17. The summed E-state index contributed by atoms with van der Waals surface area (Å²) in [6.07, 6.45) is 4.92. The maximum Gasteiger partial charge on any atom is 0.332 e. The van der Waals surface area contributed by atoms with Crippen molar-refractivity contribution in [3.8, 4) is 0 Å². The number of nitrogens with zero attached hydrogens (tertiary/aromatic N) is 1. The van der Waals surface area contributed by atoms with Gasteiger partial charge < -0.3 is 5.73 Å². The molecule has 1 aliphatic carbocycles. The zero-order valence-electron chi connectivity index (χ0n) is 7.34. The third-order valence-corrected chi connectivity index (χ3v) is 2.29. The van der Waals surface area contributed by atoms with Gasteiger partial charge in [-0.2, -0.15) is 5.10 Å². The first kappa shape index (κ1) is 9.03. The summed E-state index contributed by atoms with van der Waals surface area (Å²) in [6, 6.07) is -0.590. The molecule has 2 amide bonds. The van der Waals surface area contributed by atoms with Crippen LogP contribution in [0.15, 0.2) is 5.10 Å². The Labute approximate surface area is 72.2 Å². The SMILES string of the molecule is CC(=NNC(N)=O)C1CCCC1. The number of hydrazone groups is 1. The van der Waals surface area contributed by atoms with Crippen molar-refractivity contribution in [1.82, 2.24) is 5.43 Å². The van der Waals surface area contributed by atoms with Gasteiger partial charge in [0.2, 0.25) is 0 Å². The van der Waals surface area contributed by atoms with E-state index in [0.717, 1.165) is 5.71 Å². The lowest BCUT2D eigenvalue weighted by Crippen LogP contribution is -2.26. The second-order valence-corrected chi connectivity index (χ2v) is 3.21. The highest BCUT2D eigenvalue weighted by molar-refractivity contribution is 5.85. The summed E-state index contributed by atoms with van der Waals surface area (Å²) in [7, 11) is 0. The second kappa shape index (κ2) is 4.09. The largest absolute Gasteiger partial charge is 0.350 e. The van der Waals surface area contributed by atoms with Crippen molar-refractivity contribution in [3.63, 3.8) is 0 Å². The van der Waals surface area contributed by atoms with Crippen LogP contribution in [0, 0.1) is 5.92 Å². The van der Waals surface area contributed by atoms with E-state index in [9.17, 15) is 4.79 Å². The summed E-state index contributed by atoms with van der Waals surface area (Å²) >= 11 is 0. The Morgan fingerprint density at radius 3 is 2.58 bits per heavy atom. The molecule has 12 heavy (non-hydrogen) atoms. The predicted molar refractivity (Wildman–Crippen MR) is 47.8 cm³/mol. The molecular weight excluding hydrogens is 154 g/mol. The van der Waals surface area contributed by atoms with Gasteiger partial charge in [-0.1, -0.05) is 12.8 Å². The molecule has 0 aliphatic heterocycles. The maximum absolute atomic E-state index is 10.3. The lowest BCUT2D eigenvalue weighted by molar-refractivity contribution is 0.249. The van der Waals surface area contributed by atoms with Crippen LogP contribution in [0.25, 0.3) is 0 Å². The van der Waals surface area contributed by atoms with Gasteiger partial charge in [0.15, 0.2) is 0 Å². The summed E-state index contributed by atoms with van der Waals surface area (Å²) in [6.45, 7) is 1.94. The minimum absolute atomic E-state index is 0.553. The molecule has 0 radical (unpaired) electrons. The first-order valence-corrected chi connectivity index (χ1v) is 4.30. The molecule has 1 rings (SSSR count). The van der Waals surface area contributed by atoms with Gasteiger partial charge in [0.05, 0.1) is 0 Å². The maximum atomic E-state index is 10.3. The van der Waals surface area contributed by atoms with Crippen LogP contribution in [0.2, 0.25) is 0 Å². The van der Waals surface area contributed by atoms with E-state index in [1.807, 2.05) is 6.92 Å². The first-order chi connectivity index (χ1) is 5.70. The van der Waals surface area contributed by atoms with Crippen molar-refractivity contribution in [2.75, 3.05) is 0 Å². The molecular formula is C8H15N3O. The van der Waals surface area contributed by atoms with E-state index in [4.69, 9.17) is 5.73 Å². The molecule has 3 N–H and O–H groups in total. The fourth-order valence-electron chi connectivity index (χ4n) is 1.58. The van der Waals surface area contributed by atoms with E-state index in [-0.39, 0.29) is 0 Å². The van der Waals surface area contributed by atoms with Crippen LogP contribution < -0.4 is 11.2 Å². The number of hydrogen-bond donors (Lipinski definition) is 2. The van der Waals surface area contributed by atoms with Crippen LogP contribution in [-0.2, 0) is 0 Å². The van der Waals surface area contributed by atoms with E-state index in [2.05, 4.69) is 10.5 Å². The van der Waals surface area contributed by atoms with Crippen LogP contribution in [0.4, 0.5) is 4.79 Å². The predicted octanol–water partition coefficient (Wildman–Crippen LogP) is 1.22. The Hall–Kier alpha value is -1.06. The normalized spacial score (nSPS) is 19.6. The van der Waals surface area contributed by atoms with Crippen molar-refractivity contribution >= 4 is 11.7 Å². The van der Waals surface area contributed by atoms with E-state index < -0.39 is 6.03 Å². The Balaban J connectivity index is 2.39. The lowest BCUT2D eigenvalue weighted by atomic mass is 10.0. The summed E-state index contributed by atoms with van der Waals surface area (Å²) in [4.78, 5) is 10.3. The zero-order chi connectivity index (χ0) is 8.97. The average Bonchev–Trinajstić information content (AvgIpc) is 2.51. The Kier molecular flexibility index (Phi) is 3.08. The highest BCUT2D eigenvalue weighted by atomic mass is 16.2. The topological polar surface area (TPSA) is 67.5 Å². The summed E-state index contributed by atoms with van der Waals surface area (Å²) in [5.74, 6) is 0.553. The van der Waals surface area contributed by atoms with Gasteiger partial charge in [0.25, 0.3) is 0 Å². The van der Waals surface area contributed by atoms with E-state index in [1.165, 1.54) is 25.7 Å². The molecule has 0 aromatic rings. The molecule has 0 spiro atoms. The van der Waals surface area contributed by atoms with Gasteiger partial charge in [-0.05, 0) is 25.7 Å². The van der Waals surface area contributed by atoms with Gasteiger partial charge in [-0.15, -0.1) is 0 Å². The quantitative estimate of drug-likeness (QED) is 0.473. The third kappa shape index (κ3) is 2.53. The number of carbonyl (C=O) groups excluding carboxylic acids is 1. The van der Waals surface area contributed by atoms with Crippen molar-refractivity contribution in [3.05, 3.63) is 0 Å². The molecule has 1 fully saturated rings. The first-order valence-electron chi connectivity index (χ1n) is 4.30. The molecule has 0 aromatic heterocycles. The highest BCUT2D eigenvalue weighted by Crippen LogP contribution is 2.25. The van der Waals surface area contributed by atoms with Gasteiger partial charge in [-0.3, -0.25) is 0 Å². The molecule has 0 atom stereocenters. The van der Waals surface area contributed by atoms with E-state index in [0.29, 0.717) is 5.92 Å². The van der Waals surface area contributed by atoms with Crippen LogP contribution in [-0.4, -0.2) is 11.7 Å². The number of urea groups is 1. The number of primary amides is 1. The third-order valence-electron chi connectivity index (χ3n) is 2.29. The molecule has 0 saturated heterocycles. The van der Waals surface area contributed by atoms with Gasteiger partial charge >= 0.3 is 6.03 Å². The molecule has 0 bridgehead atoms. The lowest BCUT2D eigenvalue weighted by Gasteiger charge is -2.06. The van der Waals surface area contributed by atoms with E-state index >= 15 is 0 Å². The molecule has 0 unspecified atom stereocenters. The monoisotopic (exact) mass is 169 g/mol. The smallest absolute Gasteiger partial charge is 0.332 e. The van der Waals surface area contributed by atoms with Crippen LogP contribution >= 0.6 is 0 Å². The molecule has 4 nitrogen and oxygen atoms in total. The molecule has 1 aliphatic rings. The fraction of sp³-hybridized carbons (Fsp3) is 0.750. The van der Waals surface area contributed by atoms with Gasteiger partial charge in [-0.25, -0.2) is 10.2 Å². The summed E-state index contributed by atoms with van der Waals surface area (Å²) in [5, 5.41) is 3.90. The Bertz CT molecular complexity index is 194. The number of nitrogens with two attached hydrogens (primary N) is 1. The summed E-state index contributed by atoms with van der Waals surface area (Å²) in [5.41, 5.74) is 8.12. The second-order valence-electron chi connectivity index (χ2n) is 3.21. The average molecular weight is 169 g/mol. The van der Waals surface area contributed by atoms with Gasteiger partial charge in [0, 0.05) is 5.71 Å². The van der Waals surface area contributed by atoms with Gasteiger partial charge in [0.1, 0.15) is 0 Å². The Morgan fingerprint density at radius 2 is 2.08 bits per heavy atom. The van der Waals surface area contributed by atoms with Crippen molar-refractivity contribution in [2.45, 2.75) is 32.6 Å². The number of hydrogen-bond acceptors (Lipinski definition) is 2. The fourth-order valence-corrected chi connectivity index (χ4v) is 1.58. The molecule has 4 heteroatoms. The minimum atomic E-state index is -0.590. The van der Waals surface area contributed by atoms with Crippen LogP contribution in [0.1, 0.15) is 32.6 Å². The molecule has 0 heterocycles.